The van der Waals surface area contributed by atoms with Crippen LogP contribution in [0.4, 0.5) is 0 Å². The monoisotopic (exact) mass is 419 g/mol. The predicted octanol–water partition coefficient (Wildman–Crippen LogP) is 3.22. The van der Waals surface area contributed by atoms with Gasteiger partial charge in [-0.3, -0.25) is 4.79 Å². The molecule has 154 valence electrons. The van der Waals surface area contributed by atoms with E-state index in [1.165, 1.54) is 0 Å². The van der Waals surface area contributed by atoms with Crippen molar-refractivity contribution in [2.75, 3.05) is 26.4 Å². The van der Waals surface area contributed by atoms with Crippen LogP contribution in [-0.4, -0.2) is 38.3 Å². The molecule has 1 heterocycles. The molecule has 0 fully saturated rings. The Morgan fingerprint density at radius 1 is 1.10 bits per heavy atom. The smallest absolute Gasteiger partial charge is 0.344 e. The summed E-state index contributed by atoms with van der Waals surface area (Å²) >= 11 is 5.94. The lowest BCUT2D eigenvalue weighted by Gasteiger charge is -2.21. The summed E-state index contributed by atoms with van der Waals surface area (Å²) in [5, 5.41) is 3.39. The highest BCUT2D eigenvalue weighted by Crippen LogP contribution is 2.32. The average molecular weight is 420 g/mol. The molecule has 0 saturated carbocycles. The Labute approximate surface area is 173 Å². The summed E-state index contributed by atoms with van der Waals surface area (Å²) in [4.78, 5) is 23.9. The zero-order valence-corrected chi connectivity index (χ0v) is 17.0. The quantitative estimate of drug-likeness (QED) is 0.694. The summed E-state index contributed by atoms with van der Waals surface area (Å²) in [7, 11) is 0. The Hall–Kier alpha value is -2.93. The summed E-state index contributed by atoms with van der Waals surface area (Å²) < 4.78 is 21.3. The average Bonchev–Trinajstić information content (AvgIpc) is 2.72. The molecule has 1 N–H and O–H groups in total. The number of esters is 1. The van der Waals surface area contributed by atoms with E-state index < -0.39 is 18.5 Å². The number of halogens is 1. The van der Waals surface area contributed by atoms with Gasteiger partial charge in [-0.25, -0.2) is 4.79 Å². The SMILES string of the molecule is Cc1cc(OCC(=O)OCC(=O)N[C@@H](C)c2ccc3c(c2)OCCO3)ccc1Cl. The van der Waals surface area contributed by atoms with Crippen LogP contribution < -0.4 is 19.5 Å². The van der Waals surface area contributed by atoms with Crippen LogP contribution in [0, 0.1) is 6.92 Å². The van der Waals surface area contributed by atoms with Gasteiger partial charge in [-0.15, -0.1) is 0 Å². The number of carbonyl (C=O) groups is 2. The van der Waals surface area contributed by atoms with E-state index >= 15 is 0 Å². The fourth-order valence-corrected chi connectivity index (χ4v) is 2.85. The molecule has 1 aliphatic heterocycles. The van der Waals surface area contributed by atoms with Gasteiger partial charge >= 0.3 is 5.97 Å². The Bertz CT molecular complexity index is 901. The van der Waals surface area contributed by atoms with Crippen LogP contribution in [0.3, 0.4) is 0 Å². The molecule has 0 aromatic heterocycles. The van der Waals surface area contributed by atoms with Crippen LogP contribution in [-0.2, 0) is 14.3 Å². The number of nitrogens with one attached hydrogen (secondary N) is 1. The largest absolute Gasteiger partial charge is 0.486 e. The number of fused-ring (bicyclic) bond motifs is 1. The molecule has 0 radical (unpaired) electrons. The van der Waals surface area contributed by atoms with Gasteiger partial charge in [0.15, 0.2) is 24.7 Å². The van der Waals surface area contributed by atoms with Crippen molar-refractivity contribution in [3.63, 3.8) is 0 Å². The second kappa shape index (κ2) is 9.52. The first kappa shape index (κ1) is 20.8. The van der Waals surface area contributed by atoms with Gasteiger partial charge in [0.25, 0.3) is 5.91 Å². The van der Waals surface area contributed by atoms with Gasteiger partial charge in [0.1, 0.15) is 19.0 Å². The minimum absolute atomic E-state index is 0.287. The molecule has 0 unspecified atom stereocenters. The number of ether oxygens (including phenoxy) is 4. The van der Waals surface area contributed by atoms with Crippen LogP contribution in [0.2, 0.25) is 5.02 Å². The number of hydrogen-bond donors (Lipinski definition) is 1. The highest BCUT2D eigenvalue weighted by Gasteiger charge is 2.16. The molecular formula is C21H22ClNO6. The number of rotatable bonds is 7. The molecule has 29 heavy (non-hydrogen) atoms. The number of aryl methyl sites for hydroxylation is 1. The molecule has 0 spiro atoms. The van der Waals surface area contributed by atoms with Crippen molar-refractivity contribution in [2.45, 2.75) is 19.9 Å². The van der Waals surface area contributed by atoms with Crippen LogP contribution in [0.25, 0.3) is 0 Å². The second-order valence-corrected chi connectivity index (χ2v) is 6.96. The molecule has 0 saturated heterocycles. The minimum Gasteiger partial charge on any atom is -0.486 e. The summed E-state index contributed by atoms with van der Waals surface area (Å²) in [6.45, 7) is 3.98. The highest BCUT2D eigenvalue weighted by molar-refractivity contribution is 6.31. The first-order valence-corrected chi connectivity index (χ1v) is 9.53. The maximum Gasteiger partial charge on any atom is 0.344 e. The van der Waals surface area contributed by atoms with E-state index in [9.17, 15) is 9.59 Å². The molecule has 2 aromatic rings. The van der Waals surface area contributed by atoms with Gasteiger partial charge in [0, 0.05) is 5.02 Å². The van der Waals surface area contributed by atoms with E-state index in [4.69, 9.17) is 30.5 Å². The van der Waals surface area contributed by atoms with Gasteiger partial charge in [-0.05, 0) is 55.3 Å². The van der Waals surface area contributed by atoms with E-state index in [1.54, 1.807) is 18.2 Å². The Morgan fingerprint density at radius 3 is 2.62 bits per heavy atom. The van der Waals surface area contributed by atoms with Crippen molar-refractivity contribution in [3.8, 4) is 17.2 Å². The van der Waals surface area contributed by atoms with Gasteiger partial charge < -0.3 is 24.3 Å². The van der Waals surface area contributed by atoms with Gasteiger partial charge in [0.05, 0.1) is 6.04 Å². The van der Waals surface area contributed by atoms with Crippen LogP contribution in [0.1, 0.15) is 24.1 Å². The number of amides is 1. The second-order valence-electron chi connectivity index (χ2n) is 6.55. The molecule has 1 atom stereocenters. The molecule has 0 aliphatic carbocycles. The number of carbonyl (C=O) groups excluding carboxylic acids is 2. The first-order chi connectivity index (χ1) is 13.9. The predicted molar refractivity (Wildman–Crippen MR) is 107 cm³/mol. The minimum atomic E-state index is -0.639. The fourth-order valence-electron chi connectivity index (χ4n) is 2.73. The molecule has 7 nitrogen and oxygen atoms in total. The molecule has 0 bridgehead atoms. The lowest BCUT2D eigenvalue weighted by atomic mass is 10.1. The first-order valence-electron chi connectivity index (χ1n) is 9.16. The summed E-state index contributed by atoms with van der Waals surface area (Å²) in [5.41, 5.74) is 1.69. The maximum absolute atomic E-state index is 12.1. The van der Waals surface area contributed by atoms with Crippen molar-refractivity contribution < 1.29 is 28.5 Å². The van der Waals surface area contributed by atoms with Crippen LogP contribution >= 0.6 is 11.6 Å². The molecule has 1 amide bonds. The van der Waals surface area contributed by atoms with E-state index in [1.807, 2.05) is 32.0 Å². The van der Waals surface area contributed by atoms with Crippen LogP contribution in [0.15, 0.2) is 36.4 Å². The Morgan fingerprint density at radius 2 is 1.86 bits per heavy atom. The third-order valence-electron chi connectivity index (χ3n) is 4.29. The fraction of sp³-hybridized carbons (Fsp3) is 0.333. The summed E-state index contributed by atoms with van der Waals surface area (Å²) in [6.07, 6.45) is 0. The van der Waals surface area contributed by atoms with E-state index in [2.05, 4.69) is 5.32 Å². The number of benzene rings is 2. The van der Waals surface area contributed by atoms with Crippen molar-refractivity contribution in [1.29, 1.82) is 0 Å². The zero-order chi connectivity index (χ0) is 20.8. The van der Waals surface area contributed by atoms with E-state index in [0.717, 1.165) is 11.1 Å². The summed E-state index contributed by atoms with van der Waals surface area (Å²) in [5.74, 6) is 0.780. The van der Waals surface area contributed by atoms with Crippen molar-refractivity contribution >= 4 is 23.5 Å². The zero-order valence-electron chi connectivity index (χ0n) is 16.2. The molecule has 8 heteroatoms. The molecule has 3 rings (SSSR count). The maximum atomic E-state index is 12.1. The van der Waals surface area contributed by atoms with E-state index in [0.29, 0.717) is 35.5 Å². The van der Waals surface area contributed by atoms with Gasteiger partial charge in [0.2, 0.25) is 0 Å². The van der Waals surface area contributed by atoms with Crippen molar-refractivity contribution in [1.82, 2.24) is 5.32 Å². The Kier molecular flexibility index (Phi) is 6.82. The van der Waals surface area contributed by atoms with Crippen molar-refractivity contribution in [3.05, 3.63) is 52.5 Å². The lowest BCUT2D eigenvalue weighted by Crippen LogP contribution is -2.32. The normalized spacial score (nSPS) is 13.3. The lowest BCUT2D eigenvalue weighted by molar-refractivity contribution is -0.150. The third kappa shape index (κ3) is 5.77. The van der Waals surface area contributed by atoms with Crippen LogP contribution in [0.5, 0.6) is 17.2 Å². The molecule has 2 aromatic carbocycles. The highest BCUT2D eigenvalue weighted by atomic mass is 35.5. The third-order valence-corrected chi connectivity index (χ3v) is 4.72. The topological polar surface area (TPSA) is 83.1 Å². The molecular weight excluding hydrogens is 398 g/mol. The van der Waals surface area contributed by atoms with E-state index in [-0.39, 0.29) is 12.6 Å². The molecule has 1 aliphatic rings. The standard InChI is InChI=1S/C21H22ClNO6/c1-13-9-16(4-5-17(13)22)28-12-21(25)29-11-20(24)23-14(2)15-3-6-18-19(10-15)27-8-7-26-18/h3-6,9-10,14H,7-8,11-12H2,1-2H3,(H,23,24)/t14-/m0/s1. The van der Waals surface area contributed by atoms with Gasteiger partial charge in [-0.2, -0.15) is 0 Å². The van der Waals surface area contributed by atoms with Crippen molar-refractivity contribution in [2.24, 2.45) is 0 Å². The Balaban J connectivity index is 1.43. The van der Waals surface area contributed by atoms with Gasteiger partial charge in [-0.1, -0.05) is 17.7 Å². The summed E-state index contributed by atoms with van der Waals surface area (Å²) in [6, 6.07) is 10.3. The number of hydrogen-bond acceptors (Lipinski definition) is 6.